The Morgan fingerprint density at radius 3 is 2.32 bits per heavy atom. The molecule has 31 heavy (non-hydrogen) atoms. The summed E-state index contributed by atoms with van der Waals surface area (Å²) in [5.41, 5.74) is 3.86. The summed E-state index contributed by atoms with van der Waals surface area (Å²) in [6.07, 6.45) is 0.787. The predicted octanol–water partition coefficient (Wildman–Crippen LogP) is 4.58. The number of aryl methyl sites for hydroxylation is 2. The quantitative estimate of drug-likeness (QED) is 0.675. The number of amides is 2. The van der Waals surface area contributed by atoms with Crippen LogP contribution in [-0.4, -0.2) is 35.4 Å². The van der Waals surface area contributed by atoms with Gasteiger partial charge in [-0.15, -0.1) is 0 Å². The first-order valence-corrected chi connectivity index (χ1v) is 10.8. The summed E-state index contributed by atoms with van der Waals surface area (Å²) < 4.78 is 5.33. The Morgan fingerprint density at radius 2 is 1.74 bits per heavy atom. The molecule has 1 N–H and O–H groups in total. The van der Waals surface area contributed by atoms with Gasteiger partial charge in [-0.1, -0.05) is 37.3 Å². The molecular weight excluding hydrogens is 388 g/mol. The van der Waals surface area contributed by atoms with E-state index in [4.69, 9.17) is 4.74 Å². The summed E-state index contributed by atoms with van der Waals surface area (Å²) >= 11 is 0. The number of carbonyl (C=O) groups excluding carboxylic acids is 2. The summed E-state index contributed by atoms with van der Waals surface area (Å²) in [7, 11) is 1.62. The van der Waals surface area contributed by atoms with Gasteiger partial charge in [0.25, 0.3) is 0 Å². The minimum Gasteiger partial charge on any atom is -0.497 e. The molecule has 5 heteroatoms. The number of carbonyl (C=O) groups is 2. The molecule has 0 bridgehead atoms. The van der Waals surface area contributed by atoms with Crippen molar-refractivity contribution in [2.45, 2.75) is 72.5 Å². The van der Waals surface area contributed by atoms with Crippen LogP contribution < -0.4 is 10.1 Å². The second kappa shape index (κ2) is 10.5. The zero-order valence-electron chi connectivity index (χ0n) is 19.9. The van der Waals surface area contributed by atoms with Crippen LogP contribution in [0, 0.1) is 13.8 Å². The molecule has 0 unspecified atom stereocenters. The van der Waals surface area contributed by atoms with Gasteiger partial charge in [0, 0.05) is 12.1 Å². The van der Waals surface area contributed by atoms with Gasteiger partial charge in [0.2, 0.25) is 11.8 Å². The first kappa shape index (κ1) is 24.4. The number of nitrogens with one attached hydrogen (secondary N) is 1. The molecule has 0 aliphatic carbocycles. The SMILES string of the molecule is CC[C@@H](C(=O)NC(C)(C)C)N(Cc1cccc(OC)c1)C(=O)Cc1ccc(C)c(C)c1. The van der Waals surface area contributed by atoms with E-state index in [1.54, 1.807) is 12.0 Å². The molecule has 0 fully saturated rings. The Bertz CT molecular complexity index is 915. The summed E-state index contributed by atoms with van der Waals surface area (Å²) in [5.74, 6) is 0.527. The fourth-order valence-electron chi connectivity index (χ4n) is 3.53. The average Bonchev–Trinajstić information content (AvgIpc) is 2.69. The second-order valence-electron chi connectivity index (χ2n) is 9.13. The molecule has 0 radical (unpaired) electrons. The Labute approximate surface area is 186 Å². The van der Waals surface area contributed by atoms with Crippen molar-refractivity contribution in [2.75, 3.05) is 7.11 Å². The van der Waals surface area contributed by atoms with E-state index in [9.17, 15) is 9.59 Å². The first-order chi connectivity index (χ1) is 14.5. The Balaban J connectivity index is 2.35. The lowest BCUT2D eigenvalue weighted by Crippen LogP contribution is -2.53. The van der Waals surface area contributed by atoms with Gasteiger partial charge in [0.1, 0.15) is 11.8 Å². The van der Waals surface area contributed by atoms with Crippen LogP contribution in [0.4, 0.5) is 0 Å². The van der Waals surface area contributed by atoms with E-state index in [-0.39, 0.29) is 23.8 Å². The number of hydrogen-bond donors (Lipinski definition) is 1. The van der Waals surface area contributed by atoms with Gasteiger partial charge in [-0.2, -0.15) is 0 Å². The van der Waals surface area contributed by atoms with Crippen molar-refractivity contribution in [1.29, 1.82) is 0 Å². The maximum Gasteiger partial charge on any atom is 0.243 e. The monoisotopic (exact) mass is 424 g/mol. The van der Waals surface area contributed by atoms with Gasteiger partial charge < -0.3 is 15.0 Å². The minimum absolute atomic E-state index is 0.0676. The number of benzene rings is 2. The molecule has 168 valence electrons. The summed E-state index contributed by atoms with van der Waals surface area (Å²) in [6.45, 7) is 12.2. The van der Waals surface area contributed by atoms with E-state index in [1.165, 1.54) is 5.56 Å². The molecular formula is C26H36N2O3. The topological polar surface area (TPSA) is 58.6 Å². The number of hydrogen-bond acceptors (Lipinski definition) is 3. The number of methoxy groups -OCH3 is 1. The van der Waals surface area contributed by atoms with Crippen molar-refractivity contribution in [3.8, 4) is 5.75 Å². The van der Waals surface area contributed by atoms with E-state index in [2.05, 4.69) is 12.2 Å². The molecule has 0 spiro atoms. The minimum atomic E-state index is -0.551. The Morgan fingerprint density at radius 1 is 1.03 bits per heavy atom. The fourth-order valence-corrected chi connectivity index (χ4v) is 3.53. The lowest BCUT2D eigenvalue weighted by atomic mass is 10.0. The molecule has 0 saturated carbocycles. The third-order valence-corrected chi connectivity index (χ3v) is 5.30. The van der Waals surface area contributed by atoms with Crippen LogP contribution >= 0.6 is 0 Å². The van der Waals surface area contributed by atoms with Gasteiger partial charge in [-0.3, -0.25) is 9.59 Å². The third kappa shape index (κ3) is 7.12. The average molecular weight is 425 g/mol. The fraction of sp³-hybridized carbons (Fsp3) is 0.462. The normalized spacial score (nSPS) is 12.2. The highest BCUT2D eigenvalue weighted by Crippen LogP contribution is 2.19. The molecule has 2 amide bonds. The van der Waals surface area contributed by atoms with Crippen molar-refractivity contribution >= 4 is 11.8 Å². The molecule has 0 heterocycles. The first-order valence-electron chi connectivity index (χ1n) is 10.8. The molecule has 0 aromatic heterocycles. The Kier molecular flexibility index (Phi) is 8.26. The van der Waals surface area contributed by atoms with Crippen LogP contribution in [0.3, 0.4) is 0 Å². The third-order valence-electron chi connectivity index (χ3n) is 5.30. The van der Waals surface area contributed by atoms with E-state index in [0.717, 1.165) is 22.4 Å². The molecule has 2 rings (SSSR count). The molecule has 2 aromatic rings. The maximum atomic E-state index is 13.5. The molecule has 0 aliphatic rings. The summed E-state index contributed by atoms with van der Waals surface area (Å²) in [6, 6.07) is 13.1. The number of nitrogens with zero attached hydrogens (tertiary/aromatic N) is 1. The van der Waals surface area contributed by atoms with Gasteiger partial charge in [-0.25, -0.2) is 0 Å². The summed E-state index contributed by atoms with van der Waals surface area (Å²) in [5, 5.41) is 3.04. The molecule has 2 aromatic carbocycles. The number of rotatable bonds is 8. The van der Waals surface area contributed by atoms with Crippen molar-refractivity contribution in [3.63, 3.8) is 0 Å². The van der Waals surface area contributed by atoms with E-state index in [0.29, 0.717) is 13.0 Å². The highest BCUT2D eigenvalue weighted by atomic mass is 16.5. The standard InChI is InChI=1S/C26H36N2O3/c1-8-23(25(30)27-26(4,5)6)28(17-21-10-9-11-22(15-21)31-7)24(29)16-20-13-12-18(2)19(3)14-20/h9-15,23H,8,16-17H2,1-7H3,(H,27,30)/t23-/m0/s1. The smallest absolute Gasteiger partial charge is 0.243 e. The van der Waals surface area contributed by atoms with Crippen LogP contribution in [-0.2, 0) is 22.6 Å². The van der Waals surface area contributed by atoms with Crippen LogP contribution in [0.15, 0.2) is 42.5 Å². The van der Waals surface area contributed by atoms with Crippen LogP contribution in [0.2, 0.25) is 0 Å². The lowest BCUT2D eigenvalue weighted by molar-refractivity contribution is -0.141. The van der Waals surface area contributed by atoms with Gasteiger partial charge >= 0.3 is 0 Å². The summed E-state index contributed by atoms with van der Waals surface area (Å²) in [4.78, 5) is 28.2. The van der Waals surface area contributed by atoms with Crippen LogP contribution in [0.1, 0.15) is 56.4 Å². The van der Waals surface area contributed by atoms with Crippen molar-refractivity contribution in [3.05, 3.63) is 64.7 Å². The van der Waals surface area contributed by atoms with Crippen molar-refractivity contribution in [2.24, 2.45) is 0 Å². The van der Waals surface area contributed by atoms with Crippen molar-refractivity contribution < 1.29 is 14.3 Å². The molecule has 1 atom stereocenters. The Hall–Kier alpha value is -2.82. The van der Waals surface area contributed by atoms with Crippen molar-refractivity contribution in [1.82, 2.24) is 10.2 Å². The maximum absolute atomic E-state index is 13.5. The van der Waals surface area contributed by atoms with E-state index < -0.39 is 6.04 Å². The van der Waals surface area contributed by atoms with Gasteiger partial charge in [0.15, 0.2) is 0 Å². The van der Waals surface area contributed by atoms with E-state index in [1.807, 2.05) is 77.1 Å². The van der Waals surface area contributed by atoms with Crippen LogP contribution in [0.25, 0.3) is 0 Å². The highest BCUT2D eigenvalue weighted by molar-refractivity contribution is 5.88. The lowest BCUT2D eigenvalue weighted by Gasteiger charge is -2.33. The largest absolute Gasteiger partial charge is 0.497 e. The highest BCUT2D eigenvalue weighted by Gasteiger charge is 2.30. The van der Waals surface area contributed by atoms with E-state index >= 15 is 0 Å². The second-order valence-corrected chi connectivity index (χ2v) is 9.13. The predicted molar refractivity (Wildman–Crippen MR) is 125 cm³/mol. The van der Waals surface area contributed by atoms with Gasteiger partial charge in [-0.05, 0) is 75.4 Å². The molecule has 0 saturated heterocycles. The molecule has 5 nitrogen and oxygen atoms in total. The molecule has 0 aliphatic heterocycles. The zero-order valence-corrected chi connectivity index (χ0v) is 19.9. The zero-order chi connectivity index (χ0) is 23.2. The number of ether oxygens (including phenoxy) is 1. The van der Waals surface area contributed by atoms with Gasteiger partial charge in [0.05, 0.1) is 13.5 Å². The van der Waals surface area contributed by atoms with Crippen LogP contribution in [0.5, 0.6) is 5.75 Å².